The number of allylic oxidation sites excluding steroid dienone is 1. The van der Waals surface area contributed by atoms with Gasteiger partial charge in [0.1, 0.15) is 5.37 Å². The fourth-order valence-corrected chi connectivity index (χ4v) is 3.63. The number of rotatable bonds is 6. The van der Waals surface area contributed by atoms with Crippen molar-refractivity contribution < 1.29 is 29.0 Å². The first kappa shape index (κ1) is 15.6. The van der Waals surface area contributed by atoms with E-state index in [0.717, 1.165) is 0 Å². The molecule has 2 aliphatic rings. The van der Waals surface area contributed by atoms with Gasteiger partial charge in [-0.05, 0) is 12.8 Å². The van der Waals surface area contributed by atoms with Crippen LogP contribution in [0.3, 0.4) is 0 Å². The lowest BCUT2D eigenvalue weighted by atomic mass is 10.1. The number of carbonyl (C=O) groups excluding carboxylic acids is 2. The lowest BCUT2D eigenvalue weighted by molar-refractivity contribution is -0.161. The van der Waals surface area contributed by atoms with Crippen molar-refractivity contribution in [1.82, 2.24) is 10.2 Å². The minimum absolute atomic E-state index is 0.0682. The van der Waals surface area contributed by atoms with Gasteiger partial charge in [0.15, 0.2) is 6.10 Å². The summed E-state index contributed by atoms with van der Waals surface area (Å²) < 4.78 is 9.81. The van der Waals surface area contributed by atoms with Gasteiger partial charge in [-0.1, -0.05) is 11.8 Å². The molecular weight excluding hydrogens is 300 g/mol. The van der Waals surface area contributed by atoms with E-state index in [9.17, 15) is 14.4 Å². The zero-order valence-electron chi connectivity index (χ0n) is 11.6. The summed E-state index contributed by atoms with van der Waals surface area (Å²) in [5.41, 5.74) is 0. The Kier molecular flexibility index (Phi) is 4.73. The Morgan fingerprint density at radius 2 is 2.19 bits per heavy atom. The molecule has 2 N–H and O–H groups in total. The number of nitrogens with one attached hydrogen (secondary N) is 1. The first-order valence-corrected chi connectivity index (χ1v) is 7.24. The first-order valence-electron chi connectivity index (χ1n) is 6.36. The molecule has 2 atom stereocenters. The van der Waals surface area contributed by atoms with Crippen molar-refractivity contribution in [3.05, 3.63) is 10.8 Å². The Labute approximate surface area is 125 Å². The summed E-state index contributed by atoms with van der Waals surface area (Å²) in [5.74, 6) is -0.356. The van der Waals surface area contributed by atoms with Gasteiger partial charge >= 0.3 is 6.16 Å². The summed E-state index contributed by atoms with van der Waals surface area (Å²) in [6.45, 7) is 1.91. The maximum Gasteiger partial charge on any atom is 0.512 e. The van der Waals surface area contributed by atoms with E-state index in [2.05, 4.69) is 5.32 Å². The number of fused-ring (bicyclic) bond motifs is 1. The molecule has 0 spiro atoms. The van der Waals surface area contributed by atoms with Gasteiger partial charge in [-0.25, -0.2) is 4.79 Å². The standard InChI is InChI=1S/C12H16N2O6S/c1-6(15)13-5-3-4-7-10(20-12(17)18)14-9(16)8(19-2)11(14)21-7/h8,11H,3-5H2,1-2H3,(H,13,15)(H,17,18)/t8?,11-/m0/s1. The van der Waals surface area contributed by atoms with Gasteiger partial charge in [-0.15, -0.1) is 0 Å². The number of hydrogen-bond donors (Lipinski definition) is 2. The highest BCUT2D eigenvalue weighted by molar-refractivity contribution is 8.04. The Bertz CT molecular complexity index is 506. The molecule has 116 valence electrons. The largest absolute Gasteiger partial charge is 0.512 e. The molecule has 0 saturated carbocycles. The molecule has 21 heavy (non-hydrogen) atoms. The fraction of sp³-hybridized carbons (Fsp3) is 0.583. The average Bonchev–Trinajstić information content (AvgIpc) is 2.68. The normalized spacial score (nSPS) is 23.7. The number of carboxylic acid groups (broad SMARTS) is 1. The van der Waals surface area contributed by atoms with E-state index in [1.54, 1.807) is 0 Å². The first-order chi connectivity index (χ1) is 9.95. The molecule has 9 heteroatoms. The van der Waals surface area contributed by atoms with Crippen LogP contribution in [0.15, 0.2) is 10.8 Å². The molecule has 2 aliphatic heterocycles. The quantitative estimate of drug-likeness (QED) is 0.422. The number of amides is 2. The molecule has 2 heterocycles. The lowest BCUT2D eigenvalue weighted by Gasteiger charge is -2.40. The van der Waals surface area contributed by atoms with Crippen molar-refractivity contribution in [3.63, 3.8) is 0 Å². The van der Waals surface area contributed by atoms with Crippen LogP contribution in [0.1, 0.15) is 19.8 Å². The molecule has 1 saturated heterocycles. The van der Waals surface area contributed by atoms with Crippen molar-refractivity contribution in [3.8, 4) is 0 Å². The summed E-state index contributed by atoms with van der Waals surface area (Å²) in [4.78, 5) is 35.4. The minimum atomic E-state index is -1.46. The second-order valence-electron chi connectivity index (χ2n) is 4.56. The van der Waals surface area contributed by atoms with Crippen LogP contribution >= 0.6 is 11.8 Å². The van der Waals surface area contributed by atoms with Crippen LogP contribution in [0.4, 0.5) is 4.79 Å². The topological polar surface area (TPSA) is 105 Å². The number of carbonyl (C=O) groups is 3. The molecule has 8 nitrogen and oxygen atoms in total. The smallest absolute Gasteiger partial charge is 0.449 e. The fourth-order valence-electron chi connectivity index (χ4n) is 2.18. The minimum Gasteiger partial charge on any atom is -0.449 e. The third kappa shape index (κ3) is 3.13. The predicted octanol–water partition coefficient (Wildman–Crippen LogP) is 0.697. The Morgan fingerprint density at radius 1 is 1.48 bits per heavy atom. The number of methoxy groups -OCH3 is 1. The van der Waals surface area contributed by atoms with E-state index in [1.165, 1.54) is 30.7 Å². The van der Waals surface area contributed by atoms with Gasteiger partial charge in [0.25, 0.3) is 5.91 Å². The predicted molar refractivity (Wildman–Crippen MR) is 73.1 cm³/mol. The molecule has 1 fully saturated rings. The highest BCUT2D eigenvalue weighted by Crippen LogP contribution is 2.48. The Morgan fingerprint density at radius 3 is 2.76 bits per heavy atom. The SMILES string of the molecule is COC1C(=O)N2C(OC(=O)O)=C(CCCNC(C)=O)S[C@@H]12. The van der Waals surface area contributed by atoms with Gasteiger partial charge in [-0.3, -0.25) is 14.5 Å². The molecule has 2 rings (SSSR count). The van der Waals surface area contributed by atoms with Crippen molar-refractivity contribution in [2.45, 2.75) is 31.2 Å². The third-order valence-electron chi connectivity index (χ3n) is 3.11. The highest BCUT2D eigenvalue weighted by Gasteiger charge is 2.56. The molecule has 0 aliphatic carbocycles. The van der Waals surface area contributed by atoms with Crippen molar-refractivity contribution in [2.24, 2.45) is 0 Å². The van der Waals surface area contributed by atoms with Crippen LogP contribution in [-0.2, 0) is 19.1 Å². The molecule has 0 aromatic carbocycles. The van der Waals surface area contributed by atoms with Crippen LogP contribution in [0, 0.1) is 0 Å². The van der Waals surface area contributed by atoms with Gasteiger partial charge in [0.2, 0.25) is 11.8 Å². The maximum absolute atomic E-state index is 11.9. The van der Waals surface area contributed by atoms with Gasteiger partial charge in [-0.2, -0.15) is 0 Å². The summed E-state index contributed by atoms with van der Waals surface area (Å²) in [7, 11) is 1.44. The third-order valence-corrected chi connectivity index (χ3v) is 4.47. The second-order valence-corrected chi connectivity index (χ2v) is 5.77. The van der Waals surface area contributed by atoms with Gasteiger partial charge in [0, 0.05) is 25.5 Å². The summed E-state index contributed by atoms with van der Waals surface area (Å²) in [6.07, 6.45) is -0.889. The van der Waals surface area contributed by atoms with Crippen molar-refractivity contribution in [2.75, 3.05) is 13.7 Å². The molecular formula is C12H16N2O6S. The second kappa shape index (κ2) is 6.35. The van der Waals surface area contributed by atoms with Crippen LogP contribution in [0.2, 0.25) is 0 Å². The lowest BCUT2D eigenvalue weighted by Crippen LogP contribution is -2.61. The molecule has 0 bridgehead atoms. The van der Waals surface area contributed by atoms with E-state index in [1.807, 2.05) is 0 Å². The van der Waals surface area contributed by atoms with E-state index in [4.69, 9.17) is 14.6 Å². The highest BCUT2D eigenvalue weighted by atomic mass is 32.2. The van der Waals surface area contributed by atoms with Gasteiger partial charge in [0.05, 0.1) is 0 Å². The summed E-state index contributed by atoms with van der Waals surface area (Å²) in [5, 5.41) is 11.2. The number of ether oxygens (including phenoxy) is 2. The monoisotopic (exact) mass is 316 g/mol. The van der Waals surface area contributed by atoms with E-state index < -0.39 is 12.3 Å². The average molecular weight is 316 g/mol. The van der Waals surface area contributed by atoms with Crippen LogP contribution in [-0.4, -0.2) is 53.1 Å². The van der Waals surface area contributed by atoms with Gasteiger partial charge < -0.3 is 19.9 Å². The van der Waals surface area contributed by atoms with E-state index in [0.29, 0.717) is 24.3 Å². The molecule has 1 unspecified atom stereocenters. The molecule has 0 radical (unpaired) electrons. The van der Waals surface area contributed by atoms with E-state index >= 15 is 0 Å². The van der Waals surface area contributed by atoms with Crippen LogP contribution < -0.4 is 5.32 Å². The number of thioether (sulfide) groups is 1. The molecule has 0 aromatic rings. The number of nitrogens with zero attached hydrogens (tertiary/aromatic N) is 1. The maximum atomic E-state index is 11.9. The molecule has 0 aromatic heterocycles. The zero-order chi connectivity index (χ0) is 15.6. The van der Waals surface area contributed by atoms with E-state index in [-0.39, 0.29) is 23.1 Å². The summed E-state index contributed by atoms with van der Waals surface area (Å²) in [6, 6.07) is 0. The molecule has 2 amide bonds. The van der Waals surface area contributed by atoms with Crippen LogP contribution in [0.25, 0.3) is 0 Å². The Hall–Kier alpha value is -1.74. The number of hydrogen-bond acceptors (Lipinski definition) is 6. The summed E-state index contributed by atoms with van der Waals surface area (Å²) >= 11 is 1.36. The van der Waals surface area contributed by atoms with Crippen molar-refractivity contribution in [1.29, 1.82) is 0 Å². The van der Waals surface area contributed by atoms with Crippen LogP contribution in [0.5, 0.6) is 0 Å². The zero-order valence-corrected chi connectivity index (χ0v) is 12.4. The van der Waals surface area contributed by atoms with Crippen molar-refractivity contribution >= 4 is 29.7 Å². The number of β-lactam (4-membered cyclic amide) rings is 1. The Balaban J connectivity index is 2.02.